The van der Waals surface area contributed by atoms with Crippen LogP contribution in [0.1, 0.15) is 26.7 Å². The molecule has 1 saturated carbocycles. The SMILES string of the molecule is CC(C)C(=O)N1CCNC2(CC2)C1. The maximum atomic E-state index is 11.7. The lowest BCUT2D eigenvalue weighted by Gasteiger charge is -2.35. The van der Waals surface area contributed by atoms with E-state index in [1.165, 1.54) is 12.8 Å². The van der Waals surface area contributed by atoms with E-state index in [0.29, 0.717) is 11.4 Å². The first-order chi connectivity index (χ1) is 6.13. The maximum Gasteiger partial charge on any atom is 0.225 e. The van der Waals surface area contributed by atoms with Gasteiger partial charge in [-0.05, 0) is 12.8 Å². The normalized spacial score (nSPS) is 25.3. The number of hydrogen-bond acceptors (Lipinski definition) is 2. The number of rotatable bonds is 1. The molecule has 2 fully saturated rings. The topological polar surface area (TPSA) is 32.3 Å². The highest BCUT2D eigenvalue weighted by molar-refractivity contribution is 5.78. The van der Waals surface area contributed by atoms with Crippen molar-refractivity contribution < 1.29 is 4.79 Å². The van der Waals surface area contributed by atoms with Gasteiger partial charge in [-0.2, -0.15) is 0 Å². The fourth-order valence-corrected chi connectivity index (χ4v) is 2.00. The molecule has 1 saturated heterocycles. The Kier molecular flexibility index (Phi) is 2.06. The van der Waals surface area contributed by atoms with E-state index < -0.39 is 0 Å². The summed E-state index contributed by atoms with van der Waals surface area (Å²) in [5.41, 5.74) is 0.322. The molecule has 1 heterocycles. The summed E-state index contributed by atoms with van der Waals surface area (Å²) in [4.78, 5) is 13.7. The molecule has 1 N–H and O–H groups in total. The molecule has 0 atom stereocenters. The van der Waals surface area contributed by atoms with Crippen LogP contribution in [0.3, 0.4) is 0 Å². The number of carbonyl (C=O) groups is 1. The molecule has 0 aromatic carbocycles. The van der Waals surface area contributed by atoms with Crippen LogP contribution < -0.4 is 5.32 Å². The molecule has 0 aromatic heterocycles. The van der Waals surface area contributed by atoms with Crippen LogP contribution in [0.25, 0.3) is 0 Å². The zero-order valence-corrected chi connectivity index (χ0v) is 8.47. The van der Waals surface area contributed by atoms with Gasteiger partial charge in [0.1, 0.15) is 0 Å². The average molecular weight is 182 g/mol. The van der Waals surface area contributed by atoms with Crippen molar-refractivity contribution in [3.8, 4) is 0 Å². The first-order valence-electron chi connectivity index (χ1n) is 5.17. The molecular weight excluding hydrogens is 164 g/mol. The van der Waals surface area contributed by atoms with E-state index in [9.17, 15) is 4.79 Å². The third-order valence-electron chi connectivity index (χ3n) is 3.03. The van der Waals surface area contributed by atoms with Crippen molar-refractivity contribution in [2.45, 2.75) is 32.2 Å². The summed E-state index contributed by atoms with van der Waals surface area (Å²) in [6.07, 6.45) is 2.49. The molecule has 2 rings (SSSR count). The third-order valence-corrected chi connectivity index (χ3v) is 3.03. The van der Waals surface area contributed by atoms with Crippen molar-refractivity contribution in [1.29, 1.82) is 0 Å². The van der Waals surface area contributed by atoms with Gasteiger partial charge < -0.3 is 10.2 Å². The standard InChI is InChI=1S/C10H18N2O/c1-8(2)9(13)12-6-5-11-10(7-12)3-4-10/h8,11H,3-7H2,1-2H3. The molecule has 2 aliphatic rings. The molecule has 0 unspecified atom stereocenters. The Labute approximate surface area is 79.5 Å². The highest BCUT2D eigenvalue weighted by atomic mass is 16.2. The van der Waals surface area contributed by atoms with E-state index in [-0.39, 0.29) is 5.92 Å². The lowest BCUT2D eigenvalue weighted by Crippen LogP contribution is -2.55. The molecule has 3 nitrogen and oxygen atoms in total. The van der Waals surface area contributed by atoms with Gasteiger partial charge in [-0.3, -0.25) is 4.79 Å². The number of carbonyl (C=O) groups excluding carboxylic acids is 1. The van der Waals surface area contributed by atoms with Gasteiger partial charge in [0.15, 0.2) is 0 Å². The molecule has 0 radical (unpaired) electrons. The molecule has 1 aliphatic carbocycles. The second kappa shape index (κ2) is 2.98. The Hall–Kier alpha value is -0.570. The number of piperazine rings is 1. The highest BCUT2D eigenvalue weighted by Gasteiger charge is 2.46. The predicted molar refractivity (Wildman–Crippen MR) is 51.4 cm³/mol. The van der Waals surface area contributed by atoms with Crippen molar-refractivity contribution >= 4 is 5.91 Å². The van der Waals surface area contributed by atoms with E-state index in [4.69, 9.17) is 0 Å². The minimum absolute atomic E-state index is 0.147. The lowest BCUT2D eigenvalue weighted by atomic mass is 10.1. The van der Waals surface area contributed by atoms with Crippen LogP contribution in [0.4, 0.5) is 0 Å². The average Bonchev–Trinajstić information content (AvgIpc) is 2.83. The quantitative estimate of drug-likeness (QED) is 0.644. The summed E-state index contributed by atoms with van der Waals surface area (Å²) in [6.45, 7) is 6.75. The van der Waals surface area contributed by atoms with Gasteiger partial charge in [-0.15, -0.1) is 0 Å². The summed E-state index contributed by atoms with van der Waals surface area (Å²) >= 11 is 0. The smallest absolute Gasteiger partial charge is 0.225 e. The summed E-state index contributed by atoms with van der Waals surface area (Å²) in [5.74, 6) is 0.460. The second-order valence-electron chi connectivity index (χ2n) is 4.62. The molecule has 3 heteroatoms. The van der Waals surface area contributed by atoms with Gasteiger partial charge >= 0.3 is 0 Å². The van der Waals surface area contributed by atoms with E-state index in [1.54, 1.807) is 0 Å². The Morgan fingerprint density at radius 3 is 2.69 bits per heavy atom. The first kappa shape index (κ1) is 9.00. The molecule has 1 amide bonds. The fourth-order valence-electron chi connectivity index (χ4n) is 2.00. The first-order valence-corrected chi connectivity index (χ1v) is 5.17. The second-order valence-corrected chi connectivity index (χ2v) is 4.62. The third kappa shape index (κ3) is 1.70. The van der Waals surface area contributed by atoms with Gasteiger partial charge in [0.05, 0.1) is 0 Å². The summed E-state index contributed by atoms with van der Waals surface area (Å²) < 4.78 is 0. The van der Waals surface area contributed by atoms with E-state index in [0.717, 1.165) is 19.6 Å². The van der Waals surface area contributed by atoms with E-state index in [1.807, 2.05) is 18.7 Å². The predicted octanol–water partition coefficient (Wildman–Crippen LogP) is 0.607. The Morgan fingerprint density at radius 2 is 2.15 bits per heavy atom. The molecule has 1 aliphatic heterocycles. The minimum Gasteiger partial charge on any atom is -0.339 e. The van der Waals surface area contributed by atoms with Crippen molar-refractivity contribution in [2.75, 3.05) is 19.6 Å². The number of nitrogens with one attached hydrogen (secondary N) is 1. The van der Waals surface area contributed by atoms with Crippen molar-refractivity contribution in [3.05, 3.63) is 0 Å². The minimum atomic E-state index is 0.147. The fraction of sp³-hybridized carbons (Fsp3) is 0.900. The van der Waals surface area contributed by atoms with Crippen molar-refractivity contribution in [3.63, 3.8) is 0 Å². The van der Waals surface area contributed by atoms with Gasteiger partial charge in [0.2, 0.25) is 5.91 Å². The lowest BCUT2D eigenvalue weighted by molar-refractivity contribution is -0.135. The number of nitrogens with zero attached hydrogens (tertiary/aromatic N) is 1. The van der Waals surface area contributed by atoms with Crippen LogP contribution in [0, 0.1) is 5.92 Å². The van der Waals surface area contributed by atoms with Gasteiger partial charge in [0.25, 0.3) is 0 Å². The summed E-state index contributed by atoms with van der Waals surface area (Å²) in [5, 5.41) is 3.50. The van der Waals surface area contributed by atoms with E-state index in [2.05, 4.69) is 5.32 Å². The van der Waals surface area contributed by atoms with Crippen LogP contribution in [0.2, 0.25) is 0 Å². The van der Waals surface area contributed by atoms with Crippen LogP contribution in [0.15, 0.2) is 0 Å². The van der Waals surface area contributed by atoms with Crippen molar-refractivity contribution in [1.82, 2.24) is 10.2 Å². The van der Waals surface area contributed by atoms with Gasteiger partial charge in [-0.1, -0.05) is 13.8 Å². The maximum absolute atomic E-state index is 11.7. The van der Waals surface area contributed by atoms with E-state index >= 15 is 0 Å². The molecular formula is C10H18N2O. The van der Waals surface area contributed by atoms with Crippen LogP contribution >= 0.6 is 0 Å². The van der Waals surface area contributed by atoms with Gasteiger partial charge in [0, 0.05) is 31.1 Å². The molecule has 0 bridgehead atoms. The zero-order chi connectivity index (χ0) is 9.47. The summed E-state index contributed by atoms with van der Waals surface area (Å²) in [7, 11) is 0. The summed E-state index contributed by atoms with van der Waals surface area (Å²) in [6, 6.07) is 0. The molecule has 74 valence electrons. The molecule has 0 aromatic rings. The van der Waals surface area contributed by atoms with Gasteiger partial charge in [-0.25, -0.2) is 0 Å². The molecule has 13 heavy (non-hydrogen) atoms. The highest BCUT2D eigenvalue weighted by Crippen LogP contribution is 2.37. The van der Waals surface area contributed by atoms with Crippen LogP contribution in [0.5, 0.6) is 0 Å². The van der Waals surface area contributed by atoms with Crippen molar-refractivity contribution in [2.24, 2.45) is 5.92 Å². The number of amides is 1. The largest absolute Gasteiger partial charge is 0.339 e. The number of hydrogen-bond donors (Lipinski definition) is 1. The monoisotopic (exact) mass is 182 g/mol. The Balaban J connectivity index is 1.96. The Bertz CT molecular complexity index is 221. The molecule has 1 spiro atoms. The zero-order valence-electron chi connectivity index (χ0n) is 8.47. The Morgan fingerprint density at radius 1 is 1.46 bits per heavy atom. The van der Waals surface area contributed by atoms with Crippen LogP contribution in [-0.4, -0.2) is 36.0 Å². The van der Waals surface area contributed by atoms with Crippen LogP contribution in [-0.2, 0) is 4.79 Å².